The summed E-state index contributed by atoms with van der Waals surface area (Å²) >= 11 is 3.79. The molecule has 0 bridgehead atoms. The number of carbonyl (C=O) groups is 1. The molecule has 1 aromatic heterocycles. The second-order valence-corrected chi connectivity index (χ2v) is 5.77. The molecule has 3 nitrogen and oxygen atoms in total. The van der Waals surface area contributed by atoms with Crippen LogP contribution in [-0.2, 0) is 4.79 Å². The van der Waals surface area contributed by atoms with Crippen molar-refractivity contribution in [3.63, 3.8) is 0 Å². The summed E-state index contributed by atoms with van der Waals surface area (Å²) in [6.45, 7) is 0. The lowest BCUT2D eigenvalue weighted by atomic mass is 10.2. The number of fused-ring (bicyclic) bond motifs is 2. The van der Waals surface area contributed by atoms with Crippen LogP contribution < -0.4 is 5.32 Å². The summed E-state index contributed by atoms with van der Waals surface area (Å²) in [6.07, 6.45) is 0. The minimum atomic E-state index is 0.0231. The van der Waals surface area contributed by atoms with Crippen molar-refractivity contribution >= 4 is 57.0 Å². The number of nitrogens with one attached hydrogen (secondary N) is 1. The maximum atomic E-state index is 11.3. The third-order valence-corrected chi connectivity index (χ3v) is 4.06. The van der Waals surface area contributed by atoms with E-state index in [0.717, 1.165) is 19.4 Å². The van der Waals surface area contributed by atoms with Crippen LogP contribution in [-0.4, -0.2) is 16.6 Å². The molecule has 2 aromatic rings. The number of thioether (sulfide) groups is 1. The van der Waals surface area contributed by atoms with Crippen molar-refractivity contribution < 1.29 is 4.79 Å². The summed E-state index contributed by atoms with van der Waals surface area (Å²) < 4.78 is 1.15. The SMILES string of the molecule is O=C1CSc2cc3ccc(I)cc3nc2N1. The molecule has 2 heterocycles. The average molecular weight is 342 g/mol. The van der Waals surface area contributed by atoms with Crippen LogP contribution in [0.25, 0.3) is 10.9 Å². The lowest BCUT2D eigenvalue weighted by molar-refractivity contribution is -0.113. The monoisotopic (exact) mass is 342 g/mol. The summed E-state index contributed by atoms with van der Waals surface area (Å²) in [5.41, 5.74) is 0.924. The summed E-state index contributed by atoms with van der Waals surface area (Å²) in [5, 5.41) is 3.91. The quantitative estimate of drug-likeness (QED) is 0.749. The molecule has 5 heteroatoms. The molecule has 0 spiro atoms. The van der Waals surface area contributed by atoms with Crippen LogP contribution >= 0.6 is 34.4 Å². The molecule has 0 radical (unpaired) electrons. The summed E-state index contributed by atoms with van der Waals surface area (Å²) in [7, 11) is 0. The van der Waals surface area contributed by atoms with Crippen molar-refractivity contribution in [2.75, 3.05) is 11.1 Å². The van der Waals surface area contributed by atoms with Gasteiger partial charge in [0.25, 0.3) is 0 Å². The van der Waals surface area contributed by atoms with E-state index in [1.165, 1.54) is 11.8 Å². The van der Waals surface area contributed by atoms with Crippen LogP contribution in [0.5, 0.6) is 0 Å². The lowest BCUT2D eigenvalue weighted by Crippen LogP contribution is -2.19. The van der Waals surface area contributed by atoms with Crippen LogP contribution in [0.15, 0.2) is 29.2 Å². The lowest BCUT2D eigenvalue weighted by Gasteiger charge is -2.15. The van der Waals surface area contributed by atoms with Gasteiger partial charge in [-0.05, 0) is 40.8 Å². The molecule has 1 amide bonds. The third kappa shape index (κ3) is 1.78. The van der Waals surface area contributed by atoms with Gasteiger partial charge < -0.3 is 5.32 Å². The van der Waals surface area contributed by atoms with Gasteiger partial charge in [-0.3, -0.25) is 4.79 Å². The highest BCUT2D eigenvalue weighted by molar-refractivity contribution is 14.1. The van der Waals surface area contributed by atoms with E-state index in [-0.39, 0.29) is 5.91 Å². The van der Waals surface area contributed by atoms with E-state index in [4.69, 9.17) is 0 Å². The first-order valence-electron chi connectivity index (χ1n) is 4.75. The van der Waals surface area contributed by atoms with E-state index in [1.54, 1.807) is 0 Å². The van der Waals surface area contributed by atoms with Gasteiger partial charge in [-0.25, -0.2) is 4.98 Å². The van der Waals surface area contributed by atoms with Crippen LogP contribution in [0.3, 0.4) is 0 Å². The number of aromatic nitrogens is 1. The number of rotatable bonds is 0. The normalized spacial score (nSPS) is 14.7. The standard InChI is InChI=1S/C11H7IN2OS/c12-7-2-1-6-3-9-11(13-8(6)4-7)14-10(15)5-16-9/h1-4H,5H2,(H,13,14,15). The molecule has 1 aliphatic rings. The highest BCUT2D eigenvalue weighted by atomic mass is 127. The Morgan fingerprint density at radius 2 is 2.25 bits per heavy atom. The van der Waals surface area contributed by atoms with Crippen LogP contribution in [0.1, 0.15) is 0 Å². The Balaban J connectivity index is 2.23. The molecule has 0 saturated carbocycles. The number of halogens is 1. The first kappa shape index (κ1) is 10.3. The Morgan fingerprint density at radius 3 is 3.12 bits per heavy atom. The van der Waals surface area contributed by atoms with Crippen molar-refractivity contribution in [2.24, 2.45) is 0 Å². The van der Waals surface area contributed by atoms with E-state index < -0.39 is 0 Å². The number of carbonyl (C=O) groups excluding carboxylic acids is 1. The molecule has 3 rings (SSSR count). The van der Waals surface area contributed by atoms with E-state index in [2.05, 4.69) is 51.1 Å². The number of benzene rings is 1. The van der Waals surface area contributed by atoms with E-state index >= 15 is 0 Å². The maximum Gasteiger partial charge on any atom is 0.235 e. The Bertz CT molecular complexity index is 600. The minimum absolute atomic E-state index is 0.0231. The fourth-order valence-electron chi connectivity index (χ4n) is 1.63. The van der Waals surface area contributed by atoms with Gasteiger partial charge in [0, 0.05) is 8.96 Å². The van der Waals surface area contributed by atoms with Crippen molar-refractivity contribution in [1.82, 2.24) is 4.98 Å². The second kappa shape index (κ2) is 3.89. The highest BCUT2D eigenvalue weighted by Gasteiger charge is 2.17. The number of nitrogens with zero attached hydrogens (tertiary/aromatic N) is 1. The fraction of sp³-hybridized carbons (Fsp3) is 0.0909. The molecule has 1 aromatic carbocycles. The molecule has 1 aliphatic heterocycles. The van der Waals surface area contributed by atoms with Crippen LogP contribution in [0.2, 0.25) is 0 Å². The topological polar surface area (TPSA) is 42.0 Å². The third-order valence-electron chi connectivity index (χ3n) is 2.36. The first-order chi connectivity index (χ1) is 7.72. The van der Waals surface area contributed by atoms with Gasteiger partial charge in [-0.15, -0.1) is 11.8 Å². The van der Waals surface area contributed by atoms with E-state index in [9.17, 15) is 4.79 Å². The molecule has 0 saturated heterocycles. The molecule has 1 N–H and O–H groups in total. The number of pyridine rings is 1. The van der Waals surface area contributed by atoms with Gasteiger partial charge in [-0.2, -0.15) is 0 Å². The Kier molecular flexibility index (Phi) is 2.51. The Hall–Kier alpha value is -0.820. The van der Waals surface area contributed by atoms with Gasteiger partial charge >= 0.3 is 0 Å². The minimum Gasteiger partial charge on any atom is -0.309 e. The van der Waals surface area contributed by atoms with Gasteiger partial charge in [0.2, 0.25) is 5.91 Å². The molecule has 0 aliphatic carbocycles. The van der Waals surface area contributed by atoms with E-state index in [1.807, 2.05) is 6.07 Å². The molecule has 0 atom stereocenters. The van der Waals surface area contributed by atoms with E-state index in [0.29, 0.717) is 11.6 Å². The molecular weight excluding hydrogens is 335 g/mol. The van der Waals surface area contributed by atoms with Crippen LogP contribution in [0, 0.1) is 3.57 Å². The Morgan fingerprint density at radius 1 is 1.38 bits per heavy atom. The molecule has 0 unspecified atom stereocenters. The molecule has 16 heavy (non-hydrogen) atoms. The Labute approximate surface area is 110 Å². The zero-order chi connectivity index (χ0) is 11.1. The first-order valence-corrected chi connectivity index (χ1v) is 6.82. The molecule has 0 fully saturated rings. The summed E-state index contributed by atoms with van der Waals surface area (Å²) in [6, 6.07) is 8.21. The van der Waals surface area contributed by atoms with Gasteiger partial charge in [0.15, 0.2) is 0 Å². The zero-order valence-electron chi connectivity index (χ0n) is 8.16. The van der Waals surface area contributed by atoms with Gasteiger partial charge in [0.05, 0.1) is 16.2 Å². The number of amides is 1. The summed E-state index contributed by atoms with van der Waals surface area (Å²) in [5.74, 6) is 1.19. The average Bonchev–Trinajstić information content (AvgIpc) is 2.26. The molecule has 80 valence electrons. The predicted molar refractivity (Wildman–Crippen MR) is 73.8 cm³/mol. The van der Waals surface area contributed by atoms with Gasteiger partial charge in [-0.1, -0.05) is 6.07 Å². The summed E-state index contributed by atoms with van der Waals surface area (Å²) in [4.78, 5) is 16.8. The van der Waals surface area contributed by atoms with Crippen molar-refractivity contribution in [2.45, 2.75) is 4.90 Å². The predicted octanol–water partition coefficient (Wildman–Crippen LogP) is 2.88. The van der Waals surface area contributed by atoms with Crippen molar-refractivity contribution in [3.8, 4) is 0 Å². The smallest absolute Gasteiger partial charge is 0.235 e. The van der Waals surface area contributed by atoms with Crippen molar-refractivity contribution in [1.29, 1.82) is 0 Å². The largest absolute Gasteiger partial charge is 0.309 e. The number of hydrogen-bond acceptors (Lipinski definition) is 3. The van der Waals surface area contributed by atoms with Crippen LogP contribution in [0.4, 0.5) is 5.82 Å². The fourth-order valence-corrected chi connectivity index (χ4v) is 2.91. The maximum absolute atomic E-state index is 11.3. The highest BCUT2D eigenvalue weighted by Crippen LogP contribution is 2.32. The van der Waals surface area contributed by atoms with Gasteiger partial charge in [0.1, 0.15) is 5.82 Å². The van der Waals surface area contributed by atoms with Crippen molar-refractivity contribution in [3.05, 3.63) is 27.8 Å². The molecular formula is C11H7IN2OS. The second-order valence-electron chi connectivity index (χ2n) is 3.51. The number of anilines is 1. The number of hydrogen-bond donors (Lipinski definition) is 1. The zero-order valence-corrected chi connectivity index (χ0v) is 11.1.